The summed E-state index contributed by atoms with van der Waals surface area (Å²) in [6, 6.07) is 8.56. The van der Waals surface area contributed by atoms with Gasteiger partial charge in [0.15, 0.2) is 0 Å². The second kappa shape index (κ2) is 7.01. The molecule has 0 saturated heterocycles. The molecule has 1 aliphatic carbocycles. The standard InChI is InChI=1S/C21H23N7O2/c22-19(30)25-14-4-6-15(7-5-14)26-20-24-11-13-10-16-12-23-18(29)21(8-2-1-3-9-21)28(16)17(13)27-20/h4-7,10-11H,1-3,8-9,12H2,(H,23,29)(H3,22,25,30)(H,24,26,27). The lowest BCUT2D eigenvalue weighted by molar-refractivity contribution is -0.133. The summed E-state index contributed by atoms with van der Waals surface area (Å²) in [4.78, 5) is 33.1. The highest BCUT2D eigenvalue weighted by molar-refractivity contribution is 5.90. The fourth-order valence-electron chi connectivity index (χ4n) is 4.64. The average Bonchev–Trinajstić information content (AvgIpc) is 3.12. The van der Waals surface area contributed by atoms with Crippen molar-refractivity contribution in [3.8, 4) is 0 Å². The van der Waals surface area contributed by atoms with E-state index in [2.05, 4.69) is 31.6 Å². The zero-order valence-electron chi connectivity index (χ0n) is 16.4. The van der Waals surface area contributed by atoms with Crippen molar-refractivity contribution in [2.45, 2.75) is 44.2 Å². The Morgan fingerprint density at radius 2 is 1.87 bits per heavy atom. The number of anilines is 3. The molecule has 3 amide bonds. The largest absolute Gasteiger partial charge is 0.351 e. The summed E-state index contributed by atoms with van der Waals surface area (Å²) in [5.74, 6) is 0.550. The minimum absolute atomic E-state index is 0.0952. The van der Waals surface area contributed by atoms with E-state index in [0.29, 0.717) is 18.2 Å². The summed E-state index contributed by atoms with van der Waals surface area (Å²) in [5.41, 5.74) is 7.82. The topological polar surface area (TPSA) is 127 Å². The van der Waals surface area contributed by atoms with Crippen LogP contribution in [-0.4, -0.2) is 26.5 Å². The third-order valence-corrected chi connectivity index (χ3v) is 5.99. The molecule has 9 nitrogen and oxygen atoms in total. The molecule has 2 aliphatic rings. The Hall–Kier alpha value is -3.62. The molecule has 9 heteroatoms. The minimum atomic E-state index is -0.608. The normalized spacial score (nSPS) is 17.4. The van der Waals surface area contributed by atoms with Crippen LogP contribution in [0.1, 0.15) is 37.8 Å². The number of rotatable bonds is 3. The molecule has 3 aromatic rings. The molecule has 5 rings (SSSR count). The number of aromatic nitrogens is 3. The zero-order chi connectivity index (χ0) is 20.7. The molecule has 1 aromatic carbocycles. The minimum Gasteiger partial charge on any atom is -0.351 e. The number of hydrogen-bond acceptors (Lipinski definition) is 5. The molecule has 1 spiro atoms. The summed E-state index contributed by atoms with van der Waals surface area (Å²) in [6.07, 6.45) is 6.68. The number of amides is 3. The predicted octanol–water partition coefficient (Wildman–Crippen LogP) is 2.95. The van der Waals surface area contributed by atoms with Crippen LogP contribution in [0.25, 0.3) is 11.0 Å². The molecular formula is C21H23N7O2. The first kappa shape index (κ1) is 18.4. The Labute approximate surface area is 173 Å². The van der Waals surface area contributed by atoms with E-state index in [1.54, 1.807) is 18.3 Å². The van der Waals surface area contributed by atoms with Crippen molar-refractivity contribution in [1.29, 1.82) is 0 Å². The summed E-state index contributed by atoms with van der Waals surface area (Å²) in [7, 11) is 0. The Balaban J connectivity index is 1.50. The van der Waals surface area contributed by atoms with Gasteiger partial charge in [0.1, 0.15) is 11.2 Å². The fourth-order valence-corrected chi connectivity index (χ4v) is 4.64. The van der Waals surface area contributed by atoms with Gasteiger partial charge in [-0.3, -0.25) is 4.79 Å². The van der Waals surface area contributed by atoms with E-state index in [9.17, 15) is 9.59 Å². The van der Waals surface area contributed by atoms with Gasteiger partial charge in [0.05, 0.1) is 6.54 Å². The molecule has 0 radical (unpaired) electrons. The molecule has 1 fully saturated rings. The van der Waals surface area contributed by atoms with Crippen LogP contribution in [0.15, 0.2) is 36.5 Å². The molecular weight excluding hydrogens is 382 g/mol. The third kappa shape index (κ3) is 3.02. The summed E-state index contributed by atoms with van der Waals surface area (Å²) < 4.78 is 2.15. The molecule has 2 aromatic heterocycles. The number of urea groups is 1. The van der Waals surface area contributed by atoms with Gasteiger partial charge in [0, 0.05) is 28.7 Å². The van der Waals surface area contributed by atoms with E-state index < -0.39 is 11.6 Å². The second-order valence-electron chi connectivity index (χ2n) is 7.91. The van der Waals surface area contributed by atoms with Crippen LogP contribution in [0.4, 0.5) is 22.1 Å². The van der Waals surface area contributed by atoms with E-state index in [0.717, 1.165) is 54.5 Å². The lowest BCUT2D eigenvalue weighted by atomic mass is 9.79. The number of nitrogens with two attached hydrogens (primary N) is 1. The molecule has 154 valence electrons. The van der Waals surface area contributed by atoms with Crippen molar-refractivity contribution in [3.63, 3.8) is 0 Å². The van der Waals surface area contributed by atoms with Crippen molar-refractivity contribution >= 4 is 40.3 Å². The number of nitrogens with zero attached hydrogens (tertiary/aromatic N) is 3. The van der Waals surface area contributed by atoms with Crippen LogP contribution in [-0.2, 0) is 16.9 Å². The van der Waals surface area contributed by atoms with Crippen molar-refractivity contribution in [1.82, 2.24) is 19.9 Å². The van der Waals surface area contributed by atoms with Gasteiger partial charge in [0.2, 0.25) is 11.9 Å². The van der Waals surface area contributed by atoms with E-state index in [1.165, 1.54) is 0 Å². The summed E-state index contributed by atoms with van der Waals surface area (Å²) in [5, 5.41) is 9.72. The quantitative estimate of drug-likeness (QED) is 0.533. The number of carbonyl (C=O) groups excluding carboxylic acids is 2. The molecule has 1 aliphatic heterocycles. The van der Waals surface area contributed by atoms with Crippen molar-refractivity contribution in [3.05, 3.63) is 42.2 Å². The number of hydrogen-bond donors (Lipinski definition) is 4. The highest BCUT2D eigenvalue weighted by atomic mass is 16.2. The molecule has 5 N–H and O–H groups in total. The lowest BCUT2D eigenvalue weighted by Crippen LogP contribution is -2.54. The van der Waals surface area contributed by atoms with Gasteiger partial charge in [-0.1, -0.05) is 19.3 Å². The van der Waals surface area contributed by atoms with Crippen LogP contribution < -0.4 is 21.7 Å². The predicted molar refractivity (Wildman–Crippen MR) is 113 cm³/mol. The SMILES string of the molecule is NC(=O)Nc1ccc(Nc2ncc3cc4n(c3n2)C2(CCCCC2)C(=O)NC4)cc1. The smallest absolute Gasteiger partial charge is 0.316 e. The van der Waals surface area contributed by atoms with Crippen LogP contribution in [0.5, 0.6) is 0 Å². The Kier molecular flexibility index (Phi) is 4.30. The number of carbonyl (C=O) groups is 2. The summed E-state index contributed by atoms with van der Waals surface area (Å²) >= 11 is 0. The number of primary amides is 1. The van der Waals surface area contributed by atoms with Crippen molar-refractivity contribution in [2.24, 2.45) is 5.73 Å². The summed E-state index contributed by atoms with van der Waals surface area (Å²) in [6.45, 7) is 0.508. The van der Waals surface area contributed by atoms with E-state index in [4.69, 9.17) is 10.7 Å². The average molecular weight is 405 g/mol. The van der Waals surface area contributed by atoms with Crippen LogP contribution >= 0.6 is 0 Å². The third-order valence-electron chi connectivity index (χ3n) is 5.99. The molecule has 3 heterocycles. The van der Waals surface area contributed by atoms with E-state index >= 15 is 0 Å². The van der Waals surface area contributed by atoms with Gasteiger partial charge < -0.3 is 26.3 Å². The maximum absolute atomic E-state index is 12.9. The molecule has 0 bridgehead atoms. The first-order chi connectivity index (χ1) is 14.5. The van der Waals surface area contributed by atoms with Crippen LogP contribution in [0.3, 0.4) is 0 Å². The maximum Gasteiger partial charge on any atom is 0.316 e. The monoisotopic (exact) mass is 405 g/mol. The van der Waals surface area contributed by atoms with Gasteiger partial charge >= 0.3 is 6.03 Å². The number of nitrogens with one attached hydrogen (secondary N) is 3. The van der Waals surface area contributed by atoms with Gasteiger partial charge in [-0.05, 0) is 43.2 Å². The molecule has 0 unspecified atom stereocenters. The highest BCUT2D eigenvalue weighted by Crippen LogP contribution is 2.41. The molecule has 1 saturated carbocycles. The Morgan fingerprint density at radius 1 is 1.13 bits per heavy atom. The fraction of sp³-hybridized carbons (Fsp3) is 0.333. The van der Waals surface area contributed by atoms with Gasteiger partial charge in [-0.25, -0.2) is 9.78 Å². The Bertz CT molecular complexity index is 1130. The zero-order valence-corrected chi connectivity index (χ0v) is 16.4. The lowest BCUT2D eigenvalue weighted by Gasteiger charge is -2.41. The van der Waals surface area contributed by atoms with Gasteiger partial charge in [0.25, 0.3) is 0 Å². The second-order valence-corrected chi connectivity index (χ2v) is 7.91. The molecule has 30 heavy (non-hydrogen) atoms. The van der Waals surface area contributed by atoms with Crippen LogP contribution in [0, 0.1) is 0 Å². The first-order valence-corrected chi connectivity index (χ1v) is 10.1. The van der Waals surface area contributed by atoms with Crippen LogP contribution in [0.2, 0.25) is 0 Å². The van der Waals surface area contributed by atoms with Gasteiger partial charge in [-0.15, -0.1) is 0 Å². The Morgan fingerprint density at radius 3 is 2.60 bits per heavy atom. The van der Waals surface area contributed by atoms with Gasteiger partial charge in [-0.2, -0.15) is 4.98 Å². The van der Waals surface area contributed by atoms with E-state index in [1.807, 2.05) is 12.1 Å². The highest BCUT2D eigenvalue weighted by Gasteiger charge is 2.45. The van der Waals surface area contributed by atoms with Crippen molar-refractivity contribution in [2.75, 3.05) is 10.6 Å². The number of fused-ring (bicyclic) bond motifs is 4. The number of benzene rings is 1. The first-order valence-electron chi connectivity index (χ1n) is 10.1. The van der Waals surface area contributed by atoms with E-state index in [-0.39, 0.29) is 5.91 Å². The maximum atomic E-state index is 12.9. The van der Waals surface area contributed by atoms with Crippen molar-refractivity contribution < 1.29 is 9.59 Å². The molecule has 0 atom stereocenters.